The van der Waals surface area contributed by atoms with Gasteiger partial charge in [0.25, 0.3) is 0 Å². The summed E-state index contributed by atoms with van der Waals surface area (Å²) in [6.07, 6.45) is 2.17. The number of likely N-dealkylation sites (N-methyl/N-ethyl adjacent to an activating group) is 1. The van der Waals surface area contributed by atoms with Crippen LogP contribution >= 0.6 is 0 Å². The number of hydrazone groups is 1. The minimum atomic E-state index is 0.528. The van der Waals surface area contributed by atoms with E-state index in [1.54, 1.807) is 0 Å². The molecule has 0 rings (SSSR count). The second-order valence-electron chi connectivity index (χ2n) is 5.57. The van der Waals surface area contributed by atoms with Gasteiger partial charge in [-0.1, -0.05) is 13.3 Å². The number of allylic oxidation sites excluding steroid dienone is 2. The Labute approximate surface area is 125 Å². The number of hydrogen-bond donors (Lipinski definition) is 1. The molecule has 0 aliphatic rings. The van der Waals surface area contributed by atoms with Crippen molar-refractivity contribution in [3.8, 4) is 0 Å². The van der Waals surface area contributed by atoms with Crippen molar-refractivity contribution < 1.29 is 0 Å². The molecule has 1 unspecified atom stereocenters. The summed E-state index contributed by atoms with van der Waals surface area (Å²) in [6.45, 7) is 11.9. The van der Waals surface area contributed by atoms with Crippen molar-refractivity contribution in [2.24, 2.45) is 5.10 Å². The summed E-state index contributed by atoms with van der Waals surface area (Å²) in [5.74, 6) is 0. The first kappa shape index (κ1) is 18.9. The van der Waals surface area contributed by atoms with E-state index in [0.717, 1.165) is 31.8 Å². The van der Waals surface area contributed by atoms with Crippen LogP contribution in [-0.2, 0) is 0 Å². The predicted octanol–water partition coefficient (Wildman–Crippen LogP) is 1.99. The molecule has 0 aromatic heterocycles. The van der Waals surface area contributed by atoms with Gasteiger partial charge in [0.2, 0.25) is 0 Å². The molecule has 0 aromatic carbocycles. The molecule has 0 heterocycles. The Hall–Kier alpha value is -1.07. The Morgan fingerprint density at radius 2 is 1.85 bits per heavy atom. The lowest BCUT2D eigenvalue weighted by molar-refractivity contribution is 0.276. The smallest absolute Gasteiger partial charge is 0.0676 e. The van der Waals surface area contributed by atoms with Crippen molar-refractivity contribution in [1.29, 1.82) is 0 Å². The van der Waals surface area contributed by atoms with Crippen LogP contribution in [0.2, 0.25) is 0 Å². The van der Waals surface area contributed by atoms with Crippen LogP contribution in [0.1, 0.15) is 33.6 Å². The van der Waals surface area contributed by atoms with Crippen LogP contribution in [0.15, 0.2) is 16.5 Å². The van der Waals surface area contributed by atoms with Gasteiger partial charge in [0, 0.05) is 39.1 Å². The highest BCUT2D eigenvalue weighted by Gasteiger charge is 2.11. The SMILES string of the molecule is C=NN(C)/C(C)=C(\CCC)N(C)CNCC(C)N(C)C. The fraction of sp³-hybridized carbons (Fsp3) is 0.800. The van der Waals surface area contributed by atoms with Crippen molar-refractivity contribution >= 4 is 6.72 Å². The number of hydrogen-bond acceptors (Lipinski definition) is 5. The van der Waals surface area contributed by atoms with Crippen LogP contribution in [0.4, 0.5) is 0 Å². The molecular weight excluding hydrogens is 250 g/mol. The van der Waals surface area contributed by atoms with Gasteiger partial charge in [0.1, 0.15) is 0 Å². The highest BCUT2D eigenvalue weighted by molar-refractivity contribution is 5.23. The van der Waals surface area contributed by atoms with Gasteiger partial charge >= 0.3 is 0 Å². The monoisotopic (exact) mass is 283 g/mol. The van der Waals surface area contributed by atoms with E-state index in [4.69, 9.17) is 0 Å². The molecule has 5 nitrogen and oxygen atoms in total. The molecule has 0 radical (unpaired) electrons. The maximum Gasteiger partial charge on any atom is 0.0676 e. The molecule has 20 heavy (non-hydrogen) atoms. The molecule has 1 atom stereocenters. The first-order chi connectivity index (χ1) is 9.34. The zero-order chi connectivity index (χ0) is 15.7. The topological polar surface area (TPSA) is 34.1 Å². The molecule has 0 aliphatic heterocycles. The van der Waals surface area contributed by atoms with E-state index in [9.17, 15) is 0 Å². The van der Waals surface area contributed by atoms with Gasteiger partial charge in [0.05, 0.1) is 12.4 Å². The molecule has 118 valence electrons. The third kappa shape index (κ3) is 6.39. The summed E-state index contributed by atoms with van der Waals surface area (Å²) >= 11 is 0. The van der Waals surface area contributed by atoms with Gasteiger partial charge in [0.15, 0.2) is 0 Å². The summed E-state index contributed by atoms with van der Waals surface area (Å²) < 4.78 is 0. The molecule has 0 fully saturated rings. The maximum absolute atomic E-state index is 3.98. The van der Waals surface area contributed by atoms with E-state index in [1.807, 2.05) is 12.1 Å². The van der Waals surface area contributed by atoms with Crippen molar-refractivity contribution in [3.05, 3.63) is 11.4 Å². The second kappa shape index (κ2) is 9.77. The Morgan fingerprint density at radius 3 is 2.30 bits per heavy atom. The average Bonchev–Trinajstić information content (AvgIpc) is 2.42. The molecular formula is C15H33N5. The van der Waals surface area contributed by atoms with Crippen molar-refractivity contribution in [2.45, 2.75) is 39.7 Å². The Balaban J connectivity index is 4.58. The van der Waals surface area contributed by atoms with Crippen LogP contribution in [0.25, 0.3) is 0 Å². The lowest BCUT2D eigenvalue weighted by atomic mass is 10.2. The van der Waals surface area contributed by atoms with Gasteiger partial charge < -0.3 is 9.80 Å². The van der Waals surface area contributed by atoms with Crippen LogP contribution < -0.4 is 5.32 Å². The van der Waals surface area contributed by atoms with Crippen molar-refractivity contribution in [1.82, 2.24) is 20.1 Å². The minimum absolute atomic E-state index is 0.528. The van der Waals surface area contributed by atoms with Crippen molar-refractivity contribution in [3.63, 3.8) is 0 Å². The lowest BCUT2D eigenvalue weighted by Gasteiger charge is -2.29. The van der Waals surface area contributed by atoms with Crippen LogP contribution in [0.5, 0.6) is 0 Å². The molecule has 5 heteroatoms. The molecule has 0 amide bonds. The first-order valence-electron chi connectivity index (χ1n) is 7.33. The third-order valence-corrected chi connectivity index (χ3v) is 3.73. The summed E-state index contributed by atoms with van der Waals surface area (Å²) in [5, 5.41) is 9.32. The van der Waals surface area contributed by atoms with Crippen molar-refractivity contribution in [2.75, 3.05) is 41.4 Å². The summed E-state index contributed by atoms with van der Waals surface area (Å²) in [4.78, 5) is 4.49. The Kier molecular flexibility index (Phi) is 9.25. The summed E-state index contributed by atoms with van der Waals surface area (Å²) in [5.41, 5.74) is 2.47. The fourth-order valence-electron chi connectivity index (χ4n) is 1.90. The van der Waals surface area contributed by atoms with E-state index in [-0.39, 0.29) is 0 Å². The van der Waals surface area contributed by atoms with E-state index < -0.39 is 0 Å². The average molecular weight is 283 g/mol. The van der Waals surface area contributed by atoms with Crippen LogP contribution in [0, 0.1) is 0 Å². The number of nitrogens with one attached hydrogen (secondary N) is 1. The highest BCUT2D eigenvalue weighted by Crippen LogP contribution is 2.16. The normalized spacial score (nSPS) is 14.0. The van der Waals surface area contributed by atoms with Gasteiger partial charge in [-0.05, 0) is 34.4 Å². The van der Waals surface area contributed by atoms with E-state index in [2.05, 4.69) is 68.8 Å². The molecule has 0 aliphatic carbocycles. The molecule has 0 saturated heterocycles. The standard InChI is InChI=1S/C15H33N5/c1-9-10-15(14(3)20(8)16-4)19(7)12-17-11-13(2)18(5)6/h13,17H,4,9-12H2,1-3,5-8H3/b15-14+. The van der Waals surface area contributed by atoms with E-state index in [0.29, 0.717) is 6.04 Å². The lowest BCUT2D eigenvalue weighted by Crippen LogP contribution is -2.40. The molecule has 1 N–H and O–H groups in total. The zero-order valence-corrected chi connectivity index (χ0v) is 14.4. The minimum Gasteiger partial charge on any atom is -0.364 e. The van der Waals surface area contributed by atoms with Crippen LogP contribution in [0.3, 0.4) is 0 Å². The van der Waals surface area contributed by atoms with Gasteiger partial charge in [-0.3, -0.25) is 10.3 Å². The number of nitrogens with zero attached hydrogens (tertiary/aromatic N) is 4. The highest BCUT2D eigenvalue weighted by atomic mass is 15.4. The maximum atomic E-state index is 3.98. The van der Waals surface area contributed by atoms with E-state index >= 15 is 0 Å². The zero-order valence-electron chi connectivity index (χ0n) is 14.4. The molecule has 0 spiro atoms. The fourth-order valence-corrected chi connectivity index (χ4v) is 1.90. The number of rotatable bonds is 10. The summed E-state index contributed by atoms with van der Waals surface area (Å²) in [6, 6.07) is 0.528. The summed E-state index contributed by atoms with van der Waals surface area (Å²) in [7, 11) is 8.27. The third-order valence-electron chi connectivity index (χ3n) is 3.73. The quantitative estimate of drug-likeness (QED) is 0.378. The Bertz CT molecular complexity index is 311. The molecule has 0 aromatic rings. The largest absolute Gasteiger partial charge is 0.364 e. The second-order valence-corrected chi connectivity index (χ2v) is 5.57. The van der Waals surface area contributed by atoms with Gasteiger partial charge in [-0.15, -0.1) is 0 Å². The Morgan fingerprint density at radius 1 is 1.25 bits per heavy atom. The van der Waals surface area contributed by atoms with Gasteiger partial charge in [-0.2, -0.15) is 5.10 Å². The molecule has 0 bridgehead atoms. The molecule has 0 saturated carbocycles. The predicted molar refractivity (Wildman–Crippen MR) is 88.7 cm³/mol. The first-order valence-corrected chi connectivity index (χ1v) is 7.33. The van der Waals surface area contributed by atoms with Crippen LogP contribution in [-0.4, -0.2) is 69.0 Å². The van der Waals surface area contributed by atoms with Gasteiger partial charge in [-0.25, -0.2) is 0 Å². The van der Waals surface area contributed by atoms with E-state index in [1.165, 1.54) is 5.70 Å².